The zero-order chi connectivity index (χ0) is 29.1. The molecule has 1 aromatic carbocycles. The van der Waals surface area contributed by atoms with E-state index in [4.69, 9.17) is 14.1 Å². The number of pyridine rings is 1. The lowest BCUT2D eigenvalue weighted by Crippen LogP contribution is -2.34. The van der Waals surface area contributed by atoms with Crippen LogP contribution in [0.15, 0.2) is 35.1 Å². The number of rotatable bonds is 9. The van der Waals surface area contributed by atoms with Gasteiger partial charge in [-0.2, -0.15) is 23.5 Å². The van der Waals surface area contributed by atoms with E-state index in [2.05, 4.69) is 15.1 Å². The van der Waals surface area contributed by atoms with Gasteiger partial charge in [-0.05, 0) is 63.3 Å². The van der Waals surface area contributed by atoms with Crippen LogP contribution in [0.5, 0.6) is 5.75 Å². The van der Waals surface area contributed by atoms with Crippen molar-refractivity contribution < 1.29 is 27.3 Å². The first-order valence-electron chi connectivity index (χ1n) is 13.5. The third-order valence-corrected chi connectivity index (χ3v) is 7.56. The lowest BCUT2D eigenvalue weighted by atomic mass is 9.95. The number of nitriles is 1. The van der Waals surface area contributed by atoms with E-state index < -0.39 is 11.7 Å². The molecule has 0 amide bonds. The van der Waals surface area contributed by atoms with Gasteiger partial charge in [-0.15, -0.1) is 0 Å². The monoisotopic (exact) mass is 568 g/mol. The first-order valence-corrected chi connectivity index (χ1v) is 13.5. The number of aryl methyl sites for hydroxylation is 3. The minimum absolute atomic E-state index is 0.0592. The standard InChI is InChI=1S/C29H31F3N6O3/c1-18-22(19(2)41-36-18)9-13-40-38-10-6-20(7-11-38)8-12-39-27-5-4-21(14-23(27)29(30,31)32)24-15-26-28(25(16-33)35-24)34-17-37(26)3/h4-5,14-15,17,20H,6-13H2,1-3H3. The average molecular weight is 569 g/mol. The zero-order valence-corrected chi connectivity index (χ0v) is 23.2. The average Bonchev–Trinajstić information content (AvgIpc) is 3.49. The minimum Gasteiger partial charge on any atom is -0.493 e. The summed E-state index contributed by atoms with van der Waals surface area (Å²) in [6.45, 7) is 6.03. The van der Waals surface area contributed by atoms with Gasteiger partial charge in [0.15, 0.2) is 5.69 Å². The van der Waals surface area contributed by atoms with Gasteiger partial charge in [0.05, 0.1) is 42.0 Å². The number of hydrogen-bond acceptors (Lipinski definition) is 8. The molecule has 1 aliphatic heterocycles. The fourth-order valence-corrected chi connectivity index (χ4v) is 5.19. The van der Waals surface area contributed by atoms with Crippen molar-refractivity contribution in [2.75, 3.05) is 26.3 Å². The summed E-state index contributed by atoms with van der Waals surface area (Å²) < 4.78 is 54.6. The quantitative estimate of drug-likeness (QED) is 0.250. The zero-order valence-electron chi connectivity index (χ0n) is 23.2. The van der Waals surface area contributed by atoms with Crippen LogP contribution >= 0.6 is 0 Å². The van der Waals surface area contributed by atoms with Crippen molar-refractivity contribution in [2.24, 2.45) is 13.0 Å². The molecule has 0 atom stereocenters. The topological polar surface area (TPSA) is 102 Å². The first kappa shape index (κ1) is 28.6. The number of ether oxygens (including phenoxy) is 1. The second kappa shape index (κ2) is 11.9. The predicted octanol–water partition coefficient (Wildman–Crippen LogP) is 5.79. The molecule has 0 bridgehead atoms. The van der Waals surface area contributed by atoms with Gasteiger partial charge in [-0.3, -0.25) is 4.84 Å². The third-order valence-electron chi connectivity index (χ3n) is 7.56. The number of imidazole rings is 1. The Morgan fingerprint density at radius 1 is 1.15 bits per heavy atom. The minimum atomic E-state index is -4.62. The van der Waals surface area contributed by atoms with Crippen molar-refractivity contribution in [1.82, 2.24) is 24.8 Å². The number of hydroxylamine groups is 2. The summed E-state index contributed by atoms with van der Waals surface area (Å²) in [5, 5.41) is 15.4. The van der Waals surface area contributed by atoms with E-state index in [1.165, 1.54) is 18.5 Å². The molecule has 3 aromatic heterocycles. The highest BCUT2D eigenvalue weighted by molar-refractivity contribution is 5.84. The second-order valence-corrected chi connectivity index (χ2v) is 10.3. The number of halogens is 3. The normalized spacial score (nSPS) is 15.0. The summed E-state index contributed by atoms with van der Waals surface area (Å²) in [6.07, 6.45) is 0.0474. The molecular formula is C29H31F3N6O3. The van der Waals surface area contributed by atoms with Gasteiger partial charge < -0.3 is 13.8 Å². The SMILES string of the molecule is Cc1noc(C)c1CCON1CCC(CCOc2ccc(-c3cc4c(ncn4C)c(C#N)n3)cc2C(F)(F)F)CC1. The van der Waals surface area contributed by atoms with Crippen molar-refractivity contribution in [1.29, 1.82) is 5.26 Å². The van der Waals surface area contributed by atoms with Crippen LogP contribution < -0.4 is 4.74 Å². The Kier molecular flexibility index (Phi) is 8.28. The summed E-state index contributed by atoms with van der Waals surface area (Å²) in [5.74, 6) is 0.929. The fraction of sp³-hybridized carbons (Fsp3) is 0.448. The molecule has 0 unspecified atom stereocenters. The Morgan fingerprint density at radius 2 is 1.93 bits per heavy atom. The largest absolute Gasteiger partial charge is 0.493 e. The van der Waals surface area contributed by atoms with Crippen molar-refractivity contribution in [2.45, 2.75) is 45.7 Å². The Balaban J connectivity index is 1.17. The molecular weight excluding hydrogens is 537 g/mol. The lowest BCUT2D eigenvalue weighted by molar-refractivity contribution is -0.173. The van der Waals surface area contributed by atoms with Crippen LogP contribution in [0.25, 0.3) is 22.3 Å². The van der Waals surface area contributed by atoms with Crippen LogP contribution in [0.4, 0.5) is 13.2 Å². The highest BCUT2D eigenvalue weighted by Gasteiger charge is 2.35. The maximum atomic E-state index is 14.0. The van der Waals surface area contributed by atoms with Crippen LogP contribution in [0.1, 0.15) is 47.5 Å². The highest BCUT2D eigenvalue weighted by Crippen LogP contribution is 2.39. The molecule has 41 heavy (non-hydrogen) atoms. The summed E-state index contributed by atoms with van der Waals surface area (Å²) >= 11 is 0. The van der Waals surface area contributed by atoms with Crippen LogP contribution in [0.3, 0.4) is 0 Å². The van der Waals surface area contributed by atoms with Crippen LogP contribution in [0.2, 0.25) is 0 Å². The molecule has 1 fully saturated rings. The van der Waals surface area contributed by atoms with E-state index in [9.17, 15) is 18.4 Å². The highest BCUT2D eigenvalue weighted by atomic mass is 19.4. The van der Waals surface area contributed by atoms with E-state index in [1.807, 2.05) is 25.0 Å². The fourth-order valence-electron chi connectivity index (χ4n) is 5.19. The number of benzene rings is 1. The van der Waals surface area contributed by atoms with Crippen LogP contribution in [-0.2, 0) is 24.5 Å². The summed E-state index contributed by atoms with van der Waals surface area (Å²) in [6, 6.07) is 7.50. The first-order chi connectivity index (χ1) is 19.6. The third kappa shape index (κ3) is 6.36. The molecule has 0 saturated carbocycles. The van der Waals surface area contributed by atoms with Gasteiger partial charge in [-0.1, -0.05) is 5.16 Å². The molecule has 12 heteroatoms. The molecule has 4 aromatic rings. The molecule has 0 N–H and O–H groups in total. The molecule has 216 valence electrons. The van der Waals surface area contributed by atoms with Gasteiger partial charge in [0.1, 0.15) is 23.1 Å². The van der Waals surface area contributed by atoms with Gasteiger partial charge in [0.2, 0.25) is 0 Å². The lowest BCUT2D eigenvalue weighted by Gasteiger charge is -2.31. The predicted molar refractivity (Wildman–Crippen MR) is 144 cm³/mol. The Bertz CT molecular complexity index is 1540. The summed E-state index contributed by atoms with van der Waals surface area (Å²) in [5.41, 5.74) is 2.65. The number of fused-ring (bicyclic) bond motifs is 1. The summed E-state index contributed by atoms with van der Waals surface area (Å²) in [7, 11) is 1.75. The molecule has 1 aliphatic rings. The van der Waals surface area contributed by atoms with Crippen molar-refractivity contribution in [3.05, 3.63) is 58.9 Å². The van der Waals surface area contributed by atoms with Crippen molar-refractivity contribution in [3.63, 3.8) is 0 Å². The maximum Gasteiger partial charge on any atom is 0.419 e. The smallest absolute Gasteiger partial charge is 0.419 e. The number of alkyl halides is 3. The summed E-state index contributed by atoms with van der Waals surface area (Å²) in [4.78, 5) is 14.3. The van der Waals surface area contributed by atoms with Crippen molar-refractivity contribution >= 4 is 11.0 Å². The number of piperidine rings is 1. The molecule has 0 radical (unpaired) electrons. The number of hydrogen-bond donors (Lipinski definition) is 0. The maximum absolute atomic E-state index is 14.0. The Labute approximate surface area is 235 Å². The molecule has 4 heterocycles. The van der Waals surface area contributed by atoms with Gasteiger partial charge in [0.25, 0.3) is 0 Å². The van der Waals surface area contributed by atoms with E-state index in [1.54, 1.807) is 17.7 Å². The number of aromatic nitrogens is 4. The molecule has 5 rings (SSSR count). The van der Waals surface area contributed by atoms with E-state index in [0.29, 0.717) is 30.0 Å². The Morgan fingerprint density at radius 3 is 2.61 bits per heavy atom. The molecule has 0 spiro atoms. The van der Waals surface area contributed by atoms with E-state index in [-0.39, 0.29) is 29.3 Å². The van der Waals surface area contributed by atoms with Crippen molar-refractivity contribution in [3.8, 4) is 23.1 Å². The van der Waals surface area contributed by atoms with Gasteiger partial charge >= 0.3 is 6.18 Å². The molecule has 0 aliphatic carbocycles. The Hall–Kier alpha value is -3.95. The van der Waals surface area contributed by atoms with Crippen LogP contribution in [0, 0.1) is 31.1 Å². The van der Waals surface area contributed by atoms with Crippen LogP contribution in [-0.4, -0.2) is 51.1 Å². The molecule has 1 saturated heterocycles. The van der Waals surface area contributed by atoms with Gasteiger partial charge in [-0.25, -0.2) is 9.97 Å². The molecule has 9 nitrogen and oxygen atoms in total. The number of nitrogens with zero attached hydrogens (tertiary/aromatic N) is 6. The van der Waals surface area contributed by atoms with E-state index in [0.717, 1.165) is 55.4 Å². The van der Waals surface area contributed by atoms with E-state index >= 15 is 0 Å². The second-order valence-electron chi connectivity index (χ2n) is 10.3. The van der Waals surface area contributed by atoms with Gasteiger partial charge in [0, 0.05) is 37.7 Å².